The van der Waals surface area contributed by atoms with E-state index in [-0.39, 0.29) is 5.41 Å². The van der Waals surface area contributed by atoms with Gasteiger partial charge in [-0.3, -0.25) is 0 Å². The molecule has 0 radical (unpaired) electrons. The predicted molar refractivity (Wildman–Crippen MR) is 68.2 cm³/mol. The van der Waals surface area contributed by atoms with Gasteiger partial charge in [-0.2, -0.15) is 0 Å². The van der Waals surface area contributed by atoms with Crippen LogP contribution in [-0.4, -0.2) is 0 Å². The second-order valence-corrected chi connectivity index (χ2v) is 6.16. The Labute approximate surface area is 107 Å². The molecule has 0 fully saturated rings. The van der Waals surface area contributed by atoms with E-state index in [0.29, 0.717) is 17.9 Å². The maximum atomic E-state index is 13.5. The van der Waals surface area contributed by atoms with E-state index in [1.54, 1.807) is 0 Å². The van der Waals surface area contributed by atoms with Crippen LogP contribution >= 0.6 is 11.6 Å². The third kappa shape index (κ3) is 3.95. The molecule has 0 nitrogen and oxygen atoms in total. The quantitative estimate of drug-likeness (QED) is 0.646. The SMILES string of the molecule is CC(CC(Cl)c1ccc(F)cc1F)C(C)(C)C. The lowest BCUT2D eigenvalue weighted by atomic mass is 9.79. The van der Waals surface area contributed by atoms with Gasteiger partial charge in [0.05, 0.1) is 5.38 Å². The molecule has 96 valence electrons. The smallest absolute Gasteiger partial charge is 0.130 e. The molecule has 0 aromatic heterocycles. The molecular weight excluding hydrogens is 242 g/mol. The maximum Gasteiger partial charge on any atom is 0.130 e. The average molecular weight is 261 g/mol. The first-order valence-electron chi connectivity index (χ1n) is 5.81. The summed E-state index contributed by atoms with van der Waals surface area (Å²) >= 11 is 6.20. The van der Waals surface area contributed by atoms with E-state index in [0.717, 1.165) is 6.07 Å². The van der Waals surface area contributed by atoms with Crippen LogP contribution in [0.2, 0.25) is 0 Å². The zero-order valence-electron chi connectivity index (χ0n) is 10.7. The highest BCUT2D eigenvalue weighted by molar-refractivity contribution is 6.20. The number of halogens is 3. The summed E-state index contributed by atoms with van der Waals surface area (Å²) in [6.45, 7) is 8.48. The van der Waals surface area contributed by atoms with Crippen LogP contribution in [0.15, 0.2) is 18.2 Å². The molecule has 0 N–H and O–H groups in total. The molecular formula is C14H19ClF2. The van der Waals surface area contributed by atoms with Crippen LogP contribution in [0.4, 0.5) is 8.78 Å². The summed E-state index contributed by atoms with van der Waals surface area (Å²) in [5.74, 6) is -0.778. The lowest BCUT2D eigenvalue weighted by molar-refractivity contribution is 0.244. The van der Waals surface area contributed by atoms with Crippen LogP contribution in [0.5, 0.6) is 0 Å². The van der Waals surface area contributed by atoms with E-state index in [1.165, 1.54) is 12.1 Å². The third-order valence-corrected chi connectivity index (χ3v) is 3.75. The fraction of sp³-hybridized carbons (Fsp3) is 0.571. The van der Waals surface area contributed by atoms with E-state index in [2.05, 4.69) is 27.7 Å². The minimum Gasteiger partial charge on any atom is -0.207 e. The first kappa shape index (κ1) is 14.4. The number of hydrogen-bond donors (Lipinski definition) is 0. The Bertz CT molecular complexity index is 382. The molecule has 0 aliphatic carbocycles. The summed E-state index contributed by atoms with van der Waals surface area (Å²) in [6.07, 6.45) is 0.674. The second kappa shape index (κ2) is 5.34. The summed E-state index contributed by atoms with van der Waals surface area (Å²) in [5.41, 5.74) is 0.507. The van der Waals surface area contributed by atoms with Crippen LogP contribution in [0.25, 0.3) is 0 Å². The van der Waals surface area contributed by atoms with Gasteiger partial charge in [-0.1, -0.05) is 33.8 Å². The number of rotatable bonds is 3. The largest absolute Gasteiger partial charge is 0.207 e. The molecule has 1 aromatic carbocycles. The number of hydrogen-bond acceptors (Lipinski definition) is 0. The molecule has 0 spiro atoms. The van der Waals surface area contributed by atoms with Crippen molar-refractivity contribution in [2.24, 2.45) is 11.3 Å². The minimum atomic E-state index is -0.570. The molecule has 0 aliphatic heterocycles. The lowest BCUT2D eigenvalue weighted by Gasteiger charge is -2.29. The molecule has 17 heavy (non-hydrogen) atoms. The molecule has 1 rings (SSSR count). The van der Waals surface area contributed by atoms with Crippen molar-refractivity contribution in [1.29, 1.82) is 0 Å². The molecule has 0 amide bonds. The summed E-state index contributed by atoms with van der Waals surface area (Å²) in [5, 5.41) is -0.412. The average Bonchev–Trinajstić information content (AvgIpc) is 2.15. The zero-order chi connectivity index (χ0) is 13.2. The van der Waals surface area contributed by atoms with Gasteiger partial charge in [-0.15, -0.1) is 11.6 Å². The van der Waals surface area contributed by atoms with Crippen molar-refractivity contribution in [3.8, 4) is 0 Å². The highest BCUT2D eigenvalue weighted by Gasteiger charge is 2.24. The molecule has 0 saturated heterocycles. The summed E-state index contributed by atoms with van der Waals surface area (Å²) in [6, 6.07) is 3.56. The molecule has 2 atom stereocenters. The van der Waals surface area contributed by atoms with Crippen molar-refractivity contribution in [3.63, 3.8) is 0 Å². The van der Waals surface area contributed by atoms with Gasteiger partial charge >= 0.3 is 0 Å². The lowest BCUT2D eigenvalue weighted by Crippen LogP contribution is -2.18. The van der Waals surface area contributed by atoms with Gasteiger partial charge in [0.25, 0.3) is 0 Å². The zero-order valence-corrected chi connectivity index (χ0v) is 11.5. The Kier molecular flexibility index (Phi) is 4.54. The van der Waals surface area contributed by atoms with Crippen molar-refractivity contribution in [1.82, 2.24) is 0 Å². The Morgan fingerprint density at radius 3 is 2.29 bits per heavy atom. The Balaban J connectivity index is 2.80. The highest BCUT2D eigenvalue weighted by atomic mass is 35.5. The van der Waals surface area contributed by atoms with E-state index in [1.807, 2.05) is 0 Å². The van der Waals surface area contributed by atoms with Gasteiger partial charge in [-0.05, 0) is 23.8 Å². The fourth-order valence-corrected chi connectivity index (χ4v) is 1.99. The highest BCUT2D eigenvalue weighted by Crippen LogP contribution is 2.37. The van der Waals surface area contributed by atoms with Crippen molar-refractivity contribution < 1.29 is 8.78 Å². The Morgan fingerprint density at radius 1 is 1.24 bits per heavy atom. The number of alkyl halides is 1. The summed E-state index contributed by atoms with van der Waals surface area (Å²) in [4.78, 5) is 0. The standard InChI is InChI=1S/C14H19ClF2/c1-9(14(2,3)4)7-12(15)11-6-5-10(16)8-13(11)17/h5-6,8-9,12H,7H2,1-4H3. The molecule has 2 unspecified atom stereocenters. The number of benzene rings is 1. The van der Waals surface area contributed by atoms with Gasteiger partial charge in [0.1, 0.15) is 11.6 Å². The van der Waals surface area contributed by atoms with E-state index < -0.39 is 17.0 Å². The summed E-state index contributed by atoms with van der Waals surface area (Å²) < 4.78 is 26.3. The Morgan fingerprint density at radius 2 is 1.82 bits per heavy atom. The molecule has 3 heteroatoms. The van der Waals surface area contributed by atoms with E-state index in [9.17, 15) is 8.78 Å². The molecule has 0 saturated carbocycles. The second-order valence-electron chi connectivity index (χ2n) is 5.64. The van der Waals surface area contributed by atoms with Crippen LogP contribution in [0, 0.1) is 23.0 Å². The monoisotopic (exact) mass is 260 g/mol. The molecule has 0 heterocycles. The first-order chi connectivity index (χ1) is 7.71. The van der Waals surface area contributed by atoms with Gasteiger partial charge in [0, 0.05) is 11.6 Å². The molecule has 0 bridgehead atoms. The van der Waals surface area contributed by atoms with Gasteiger partial charge in [-0.25, -0.2) is 8.78 Å². The van der Waals surface area contributed by atoms with Crippen LogP contribution in [0.1, 0.15) is 45.1 Å². The fourth-order valence-electron chi connectivity index (χ4n) is 1.55. The van der Waals surface area contributed by atoms with Crippen LogP contribution in [-0.2, 0) is 0 Å². The van der Waals surface area contributed by atoms with Gasteiger partial charge in [0.2, 0.25) is 0 Å². The van der Waals surface area contributed by atoms with Gasteiger partial charge < -0.3 is 0 Å². The minimum absolute atomic E-state index is 0.129. The first-order valence-corrected chi connectivity index (χ1v) is 6.24. The predicted octanol–water partition coefficient (Wildman–Crippen LogP) is 5.32. The maximum absolute atomic E-state index is 13.5. The van der Waals surface area contributed by atoms with Gasteiger partial charge in [0.15, 0.2) is 0 Å². The van der Waals surface area contributed by atoms with Crippen LogP contribution in [0.3, 0.4) is 0 Å². The topological polar surface area (TPSA) is 0 Å². The van der Waals surface area contributed by atoms with Crippen molar-refractivity contribution in [3.05, 3.63) is 35.4 Å². The van der Waals surface area contributed by atoms with E-state index in [4.69, 9.17) is 11.6 Å². The third-order valence-electron chi connectivity index (χ3n) is 3.34. The Hall–Kier alpha value is -0.630. The molecule has 1 aromatic rings. The normalized spacial score (nSPS) is 15.7. The van der Waals surface area contributed by atoms with Crippen molar-refractivity contribution >= 4 is 11.6 Å². The summed E-state index contributed by atoms with van der Waals surface area (Å²) in [7, 11) is 0. The van der Waals surface area contributed by atoms with Crippen molar-refractivity contribution in [2.45, 2.75) is 39.5 Å². The van der Waals surface area contributed by atoms with Crippen molar-refractivity contribution in [2.75, 3.05) is 0 Å². The molecule has 0 aliphatic rings. The van der Waals surface area contributed by atoms with E-state index >= 15 is 0 Å². The van der Waals surface area contributed by atoms with Crippen LogP contribution < -0.4 is 0 Å².